The predicted octanol–water partition coefficient (Wildman–Crippen LogP) is 2.76. The molecule has 116 valence electrons. The fourth-order valence-corrected chi connectivity index (χ4v) is 3.50. The second kappa shape index (κ2) is 5.62. The maximum absolute atomic E-state index is 12.4. The molecule has 1 aliphatic heterocycles. The molecule has 0 saturated carbocycles. The molecule has 0 aromatic heterocycles. The topological polar surface area (TPSA) is 64.6 Å². The van der Waals surface area contributed by atoms with Crippen LogP contribution in [0, 0.1) is 6.92 Å². The average Bonchev–Trinajstić information content (AvgIpc) is 2.94. The van der Waals surface area contributed by atoms with Crippen LogP contribution in [0.3, 0.4) is 0 Å². The van der Waals surface area contributed by atoms with E-state index in [-0.39, 0.29) is 17.7 Å². The number of sulfonamides is 1. The first-order valence-corrected chi connectivity index (χ1v) is 8.42. The van der Waals surface area contributed by atoms with E-state index >= 15 is 0 Å². The zero-order chi connectivity index (χ0) is 15.7. The van der Waals surface area contributed by atoms with Gasteiger partial charge in [-0.15, -0.1) is 0 Å². The van der Waals surface area contributed by atoms with Gasteiger partial charge in [-0.25, -0.2) is 13.1 Å². The summed E-state index contributed by atoms with van der Waals surface area (Å²) in [5.74, 6) is 1.32. The third-order valence-electron chi connectivity index (χ3n) is 3.56. The number of benzene rings is 2. The first-order chi connectivity index (χ1) is 10.5. The molecule has 2 aromatic rings. The van der Waals surface area contributed by atoms with Crippen LogP contribution in [-0.4, -0.2) is 15.2 Å². The number of aryl methyl sites for hydroxylation is 1. The summed E-state index contributed by atoms with van der Waals surface area (Å²) in [4.78, 5) is 0.255. The fraction of sp³-hybridized carbons (Fsp3) is 0.250. The zero-order valence-corrected chi connectivity index (χ0v) is 13.2. The van der Waals surface area contributed by atoms with Gasteiger partial charge in [0, 0.05) is 6.04 Å². The number of ether oxygens (including phenoxy) is 2. The highest BCUT2D eigenvalue weighted by molar-refractivity contribution is 7.89. The molecule has 1 N–H and O–H groups in total. The van der Waals surface area contributed by atoms with Crippen molar-refractivity contribution < 1.29 is 17.9 Å². The molecule has 2 aromatic carbocycles. The van der Waals surface area contributed by atoms with Crippen LogP contribution in [0.4, 0.5) is 0 Å². The summed E-state index contributed by atoms with van der Waals surface area (Å²) in [6.07, 6.45) is 0. The molecule has 5 nitrogen and oxygen atoms in total. The van der Waals surface area contributed by atoms with Gasteiger partial charge >= 0.3 is 0 Å². The third-order valence-corrected chi connectivity index (χ3v) is 5.12. The molecule has 3 rings (SSSR count). The van der Waals surface area contributed by atoms with Crippen LogP contribution in [0.2, 0.25) is 0 Å². The van der Waals surface area contributed by atoms with E-state index in [1.807, 2.05) is 13.0 Å². The molecule has 0 amide bonds. The molecule has 0 bridgehead atoms. The van der Waals surface area contributed by atoms with E-state index in [1.54, 1.807) is 43.3 Å². The van der Waals surface area contributed by atoms with E-state index in [9.17, 15) is 8.42 Å². The second-order valence-electron chi connectivity index (χ2n) is 5.27. The Kier molecular flexibility index (Phi) is 3.80. The molecule has 0 aliphatic carbocycles. The molecule has 1 heterocycles. The molecular weight excluding hydrogens is 302 g/mol. The lowest BCUT2D eigenvalue weighted by Crippen LogP contribution is -2.26. The van der Waals surface area contributed by atoms with Crippen molar-refractivity contribution in [2.75, 3.05) is 6.79 Å². The van der Waals surface area contributed by atoms with Crippen molar-refractivity contribution >= 4 is 10.0 Å². The maximum Gasteiger partial charge on any atom is 0.241 e. The van der Waals surface area contributed by atoms with E-state index in [4.69, 9.17) is 9.47 Å². The number of rotatable bonds is 4. The van der Waals surface area contributed by atoms with Crippen molar-refractivity contribution in [3.8, 4) is 11.5 Å². The minimum atomic E-state index is -3.56. The Morgan fingerprint density at radius 2 is 1.73 bits per heavy atom. The average molecular weight is 319 g/mol. The van der Waals surface area contributed by atoms with Crippen LogP contribution in [0.1, 0.15) is 24.1 Å². The van der Waals surface area contributed by atoms with Crippen LogP contribution in [0.15, 0.2) is 47.4 Å². The molecular formula is C16H17NO4S. The summed E-state index contributed by atoms with van der Waals surface area (Å²) >= 11 is 0. The van der Waals surface area contributed by atoms with Crippen molar-refractivity contribution in [1.29, 1.82) is 0 Å². The highest BCUT2D eigenvalue weighted by atomic mass is 32.2. The van der Waals surface area contributed by atoms with Gasteiger partial charge < -0.3 is 9.47 Å². The Morgan fingerprint density at radius 1 is 1.05 bits per heavy atom. The van der Waals surface area contributed by atoms with E-state index in [0.717, 1.165) is 11.1 Å². The van der Waals surface area contributed by atoms with E-state index in [0.29, 0.717) is 11.5 Å². The van der Waals surface area contributed by atoms with Gasteiger partial charge in [0.2, 0.25) is 16.8 Å². The minimum absolute atomic E-state index is 0.197. The molecule has 1 unspecified atom stereocenters. The van der Waals surface area contributed by atoms with Crippen LogP contribution >= 0.6 is 0 Å². The molecule has 0 radical (unpaired) electrons. The smallest absolute Gasteiger partial charge is 0.241 e. The summed E-state index contributed by atoms with van der Waals surface area (Å²) in [6, 6.07) is 11.8. The summed E-state index contributed by atoms with van der Waals surface area (Å²) in [6.45, 7) is 3.91. The summed E-state index contributed by atoms with van der Waals surface area (Å²) < 4.78 is 38.0. The first-order valence-electron chi connectivity index (χ1n) is 6.94. The number of fused-ring (bicyclic) bond motifs is 1. The van der Waals surface area contributed by atoms with Crippen molar-refractivity contribution in [2.45, 2.75) is 24.8 Å². The SMILES string of the molecule is Cc1ccc(S(=O)(=O)NC(C)c2ccc3c(c2)OCO3)cc1. The number of hydrogen-bond donors (Lipinski definition) is 1. The van der Waals surface area contributed by atoms with E-state index in [2.05, 4.69) is 4.72 Å². The van der Waals surface area contributed by atoms with Crippen LogP contribution < -0.4 is 14.2 Å². The fourth-order valence-electron chi connectivity index (χ4n) is 2.27. The molecule has 0 fully saturated rings. The second-order valence-corrected chi connectivity index (χ2v) is 6.98. The van der Waals surface area contributed by atoms with Gasteiger partial charge in [0.05, 0.1) is 4.90 Å². The predicted molar refractivity (Wildman–Crippen MR) is 82.5 cm³/mol. The summed E-state index contributed by atoms with van der Waals surface area (Å²) in [5, 5.41) is 0. The lowest BCUT2D eigenvalue weighted by molar-refractivity contribution is 0.174. The Bertz CT molecular complexity index is 784. The molecule has 0 spiro atoms. The lowest BCUT2D eigenvalue weighted by Gasteiger charge is -2.15. The quantitative estimate of drug-likeness (QED) is 0.941. The first kappa shape index (κ1) is 14.9. The zero-order valence-electron chi connectivity index (χ0n) is 12.4. The van der Waals surface area contributed by atoms with Gasteiger partial charge in [-0.1, -0.05) is 23.8 Å². The molecule has 0 saturated heterocycles. The maximum atomic E-state index is 12.4. The number of hydrogen-bond acceptors (Lipinski definition) is 4. The minimum Gasteiger partial charge on any atom is -0.454 e. The number of nitrogens with one attached hydrogen (secondary N) is 1. The largest absolute Gasteiger partial charge is 0.454 e. The van der Waals surface area contributed by atoms with Crippen molar-refractivity contribution in [2.24, 2.45) is 0 Å². The van der Waals surface area contributed by atoms with Crippen LogP contribution in [0.25, 0.3) is 0 Å². The van der Waals surface area contributed by atoms with Crippen molar-refractivity contribution in [3.05, 3.63) is 53.6 Å². The highest BCUT2D eigenvalue weighted by Gasteiger charge is 2.20. The van der Waals surface area contributed by atoms with Crippen molar-refractivity contribution in [1.82, 2.24) is 4.72 Å². The highest BCUT2D eigenvalue weighted by Crippen LogP contribution is 2.34. The van der Waals surface area contributed by atoms with E-state index < -0.39 is 10.0 Å². The Morgan fingerprint density at radius 3 is 2.45 bits per heavy atom. The lowest BCUT2D eigenvalue weighted by atomic mass is 10.1. The normalized spacial score (nSPS) is 14.8. The van der Waals surface area contributed by atoms with Crippen LogP contribution in [0.5, 0.6) is 11.5 Å². The standard InChI is InChI=1S/C16H17NO4S/c1-11-3-6-14(7-4-11)22(18,19)17-12(2)13-5-8-15-16(9-13)21-10-20-15/h3-9,12,17H,10H2,1-2H3. The van der Waals surface area contributed by atoms with Crippen LogP contribution in [-0.2, 0) is 10.0 Å². The molecule has 6 heteroatoms. The van der Waals surface area contributed by atoms with Gasteiger partial charge in [0.15, 0.2) is 11.5 Å². The summed E-state index contributed by atoms with van der Waals surface area (Å²) in [5.41, 5.74) is 1.84. The van der Waals surface area contributed by atoms with Crippen molar-refractivity contribution in [3.63, 3.8) is 0 Å². The molecule has 1 atom stereocenters. The van der Waals surface area contributed by atoms with Gasteiger partial charge in [0.25, 0.3) is 0 Å². The van der Waals surface area contributed by atoms with Gasteiger partial charge in [-0.05, 0) is 43.7 Å². The Hall–Kier alpha value is -2.05. The van der Waals surface area contributed by atoms with Gasteiger partial charge in [-0.3, -0.25) is 0 Å². The summed E-state index contributed by atoms with van der Waals surface area (Å²) in [7, 11) is -3.56. The Labute approximate surface area is 129 Å². The van der Waals surface area contributed by atoms with Gasteiger partial charge in [0.1, 0.15) is 0 Å². The third kappa shape index (κ3) is 2.93. The molecule has 1 aliphatic rings. The molecule has 22 heavy (non-hydrogen) atoms. The van der Waals surface area contributed by atoms with E-state index in [1.165, 1.54) is 0 Å². The monoisotopic (exact) mass is 319 g/mol. The Balaban J connectivity index is 1.81. The van der Waals surface area contributed by atoms with Gasteiger partial charge in [-0.2, -0.15) is 0 Å².